The van der Waals surface area contributed by atoms with Gasteiger partial charge in [0.1, 0.15) is 12.5 Å². The second-order valence-electron chi connectivity index (χ2n) is 7.72. The van der Waals surface area contributed by atoms with Crippen molar-refractivity contribution in [2.45, 2.75) is 17.8 Å². The van der Waals surface area contributed by atoms with E-state index < -0.39 is 47.8 Å². The topological polar surface area (TPSA) is 86.4 Å². The number of nitrogens with zero attached hydrogens (tertiary/aromatic N) is 2. The van der Waals surface area contributed by atoms with Gasteiger partial charge in [0.15, 0.2) is 5.13 Å². The average Bonchev–Trinajstić information content (AvgIpc) is 3.17. The number of nitrogens with one attached hydrogen (secondary N) is 3. The van der Waals surface area contributed by atoms with Crippen LogP contribution in [0, 0.1) is 5.82 Å². The first-order valence-electron chi connectivity index (χ1n) is 9.94. The number of thiazole rings is 1. The lowest BCUT2D eigenvalue weighted by molar-refractivity contribution is -0.216. The summed E-state index contributed by atoms with van der Waals surface area (Å²) in [6, 6.07) is 6.71. The van der Waals surface area contributed by atoms with E-state index in [-0.39, 0.29) is 16.4 Å². The number of carbonyl (C=O) groups excluding carboxylic acids is 2. The Morgan fingerprint density at radius 2 is 1.94 bits per heavy atom. The monoisotopic (exact) mass is 499 g/mol. The third-order valence-electron chi connectivity index (χ3n) is 5.34. The van der Waals surface area contributed by atoms with E-state index in [9.17, 15) is 31.5 Å². The SMILES string of the molecule is CN1C[C@H](CF)N[C@@](c2ccc3nc(NC(=O)Nc4ccc(F)cc4)sc3c2)(C(F)(F)F)C1=O. The van der Waals surface area contributed by atoms with E-state index >= 15 is 0 Å². The van der Waals surface area contributed by atoms with Crippen LogP contribution in [0.15, 0.2) is 42.5 Å². The van der Waals surface area contributed by atoms with Crippen molar-refractivity contribution in [1.29, 1.82) is 0 Å². The summed E-state index contributed by atoms with van der Waals surface area (Å²) in [7, 11) is 1.19. The van der Waals surface area contributed by atoms with Crippen molar-refractivity contribution in [3.05, 3.63) is 53.8 Å². The smallest absolute Gasteiger partial charge is 0.342 e. The highest BCUT2D eigenvalue weighted by Crippen LogP contribution is 2.44. The fraction of sp³-hybridized carbons (Fsp3) is 0.286. The van der Waals surface area contributed by atoms with E-state index in [1.807, 2.05) is 0 Å². The van der Waals surface area contributed by atoms with E-state index in [1.54, 1.807) is 0 Å². The Bertz CT molecular complexity index is 1230. The van der Waals surface area contributed by atoms with Crippen molar-refractivity contribution in [3.8, 4) is 0 Å². The molecule has 1 saturated heterocycles. The zero-order chi connectivity index (χ0) is 24.7. The largest absolute Gasteiger partial charge is 0.419 e. The highest BCUT2D eigenvalue weighted by Gasteiger charge is 2.65. The molecule has 7 nitrogen and oxygen atoms in total. The maximum atomic E-state index is 14.3. The summed E-state index contributed by atoms with van der Waals surface area (Å²) in [6.07, 6.45) is -5.05. The van der Waals surface area contributed by atoms with Crippen LogP contribution in [-0.2, 0) is 10.3 Å². The number of halogens is 5. The molecular formula is C21H18F5N5O2S. The summed E-state index contributed by atoms with van der Waals surface area (Å²) in [4.78, 5) is 30.0. The minimum atomic E-state index is -5.05. The molecular weight excluding hydrogens is 481 g/mol. The zero-order valence-electron chi connectivity index (χ0n) is 17.5. The van der Waals surface area contributed by atoms with Gasteiger partial charge in [-0.2, -0.15) is 13.2 Å². The Balaban J connectivity index is 1.64. The van der Waals surface area contributed by atoms with Gasteiger partial charge in [0.05, 0.1) is 16.3 Å². The molecule has 0 aliphatic carbocycles. The second kappa shape index (κ2) is 8.80. The Morgan fingerprint density at radius 1 is 1.24 bits per heavy atom. The van der Waals surface area contributed by atoms with Gasteiger partial charge in [0, 0.05) is 19.3 Å². The number of rotatable bonds is 4. The second-order valence-corrected chi connectivity index (χ2v) is 8.75. The maximum absolute atomic E-state index is 14.3. The van der Waals surface area contributed by atoms with Crippen LogP contribution >= 0.6 is 11.3 Å². The molecule has 0 saturated carbocycles. The Morgan fingerprint density at radius 3 is 2.59 bits per heavy atom. The number of urea groups is 1. The molecule has 1 aliphatic heterocycles. The number of hydrogen-bond donors (Lipinski definition) is 3. The first-order valence-corrected chi connectivity index (χ1v) is 10.8. The van der Waals surface area contributed by atoms with Crippen LogP contribution in [0.3, 0.4) is 0 Å². The molecule has 3 aromatic rings. The third kappa shape index (κ3) is 4.28. The molecule has 3 N–H and O–H groups in total. The Hall–Kier alpha value is -3.32. The molecule has 3 amide bonds. The van der Waals surface area contributed by atoms with Gasteiger partial charge in [-0.15, -0.1) is 0 Å². The molecule has 13 heteroatoms. The molecule has 1 fully saturated rings. The van der Waals surface area contributed by atoms with Crippen LogP contribution in [-0.4, -0.2) is 54.3 Å². The van der Waals surface area contributed by atoms with E-state index in [0.717, 1.165) is 40.5 Å². The summed E-state index contributed by atoms with van der Waals surface area (Å²) in [5.41, 5.74) is -2.92. The lowest BCUT2D eigenvalue weighted by Crippen LogP contribution is -2.71. The molecule has 34 heavy (non-hydrogen) atoms. The lowest BCUT2D eigenvalue weighted by Gasteiger charge is -2.45. The number of hydrogen-bond acceptors (Lipinski definition) is 5. The van der Waals surface area contributed by atoms with Gasteiger partial charge in [-0.05, 0) is 42.0 Å². The molecule has 2 heterocycles. The minimum absolute atomic E-state index is 0.0921. The number of piperazine rings is 1. The summed E-state index contributed by atoms with van der Waals surface area (Å²) < 4.78 is 69.5. The molecule has 4 rings (SSSR count). The number of alkyl halides is 4. The molecule has 0 radical (unpaired) electrons. The van der Waals surface area contributed by atoms with Gasteiger partial charge in [-0.25, -0.2) is 18.6 Å². The molecule has 0 bridgehead atoms. The molecule has 1 aliphatic rings. The number of amides is 3. The highest BCUT2D eigenvalue weighted by atomic mass is 32.1. The normalized spacial score (nSPS) is 21.1. The standard InChI is InChI=1S/C21H18F5N5O2S/c1-31-10-14(9-22)30-20(17(31)32,21(24,25)26)11-2-7-15-16(8-11)34-19(28-15)29-18(33)27-13-5-3-12(23)4-6-13/h2-8,14,30H,9-10H2,1H3,(H2,27,28,29,33)/t14-,20+/m0/s1. The lowest BCUT2D eigenvalue weighted by atomic mass is 9.84. The summed E-state index contributed by atoms with van der Waals surface area (Å²) in [5.74, 6) is -1.72. The minimum Gasteiger partial charge on any atom is -0.342 e. The molecule has 0 unspecified atom stereocenters. The van der Waals surface area contributed by atoms with Crippen molar-refractivity contribution < 1.29 is 31.5 Å². The third-order valence-corrected chi connectivity index (χ3v) is 6.27. The first kappa shape index (κ1) is 23.8. The van der Waals surface area contributed by atoms with Crippen molar-refractivity contribution in [3.63, 3.8) is 0 Å². The van der Waals surface area contributed by atoms with Crippen LogP contribution in [0.5, 0.6) is 0 Å². The maximum Gasteiger partial charge on any atom is 0.419 e. The Labute approximate surface area is 194 Å². The van der Waals surface area contributed by atoms with Gasteiger partial charge >= 0.3 is 12.2 Å². The van der Waals surface area contributed by atoms with Crippen molar-refractivity contribution in [2.24, 2.45) is 0 Å². The van der Waals surface area contributed by atoms with E-state index in [2.05, 4.69) is 20.9 Å². The average molecular weight is 499 g/mol. The van der Waals surface area contributed by atoms with Crippen molar-refractivity contribution in [1.82, 2.24) is 15.2 Å². The Kier molecular flexibility index (Phi) is 6.16. The fourth-order valence-corrected chi connectivity index (χ4v) is 4.68. The number of carbonyl (C=O) groups is 2. The highest BCUT2D eigenvalue weighted by molar-refractivity contribution is 7.22. The van der Waals surface area contributed by atoms with Crippen LogP contribution in [0.2, 0.25) is 0 Å². The van der Waals surface area contributed by atoms with Crippen LogP contribution in [0.25, 0.3) is 10.2 Å². The molecule has 0 spiro atoms. The van der Waals surface area contributed by atoms with E-state index in [1.165, 1.54) is 25.2 Å². The summed E-state index contributed by atoms with van der Waals surface area (Å²) in [5, 5.41) is 7.21. The predicted octanol–water partition coefficient (Wildman–Crippen LogP) is 4.24. The van der Waals surface area contributed by atoms with Crippen molar-refractivity contribution >= 4 is 44.3 Å². The van der Waals surface area contributed by atoms with E-state index in [0.29, 0.717) is 11.2 Å². The predicted molar refractivity (Wildman–Crippen MR) is 117 cm³/mol. The van der Waals surface area contributed by atoms with Gasteiger partial charge in [0.25, 0.3) is 5.91 Å². The number of aromatic nitrogens is 1. The molecule has 180 valence electrons. The van der Waals surface area contributed by atoms with Gasteiger partial charge in [0.2, 0.25) is 5.54 Å². The number of anilines is 2. The number of likely N-dealkylation sites (N-methyl/N-ethyl adjacent to an activating group) is 1. The van der Waals surface area contributed by atoms with E-state index in [4.69, 9.17) is 0 Å². The van der Waals surface area contributed by atoms with Gasteiger partial charge in [-0.3, -0.25) is 15.4 Å². The van der Waals surface area contributed by atoms with Crippen molar-refractivity contribution in [2.75, 3.05) is 30.9 Å². The summed E-state index contributed by atoms with van der Waals surface area (Å²) >= 11 is 0.898. The fourth-order valence-electron chi connectivity index (χ4n) is 3.78. The van der Waals surface area contributed by atoms with Crippen LogP contribution < -0.4 is 16.0 Å². The number of benzene rings is 2. The first-order chi connectivity index (χ1) is 16.0. The van der Waals surface area contributed by atoms with Gasteiger partial charge in [-0.1, -0.05) is 17.4 Å². The van der Waals surface area contributed by atoms with Crippen LogP contribution in [0.4, 0.5) is 37.6 Å². The quantitative estimate of drug-likeness (QED) is 0.469. The van der Waals surface area contributed by atoms with Crippen LogP contribution in [0.1, 0.15) is 5.56 Å². The number of fused-ring (bicyclic) bond motifs is 1. The summed E-state index contributed by atoms with van der Waals surface area (Å²) in [6.45, 7) is -1.29. The molecule has 2 aromatic carbocycles. The molecule has 1 aromatic heterocycles. The van der Waals surface area contributed by atoms with Gasteiger partial charge < -0.3 is 10.2 Å². The zero-order valence-corrected chi connectivity index (χ0v) is 18.4. The molecule has 2 atom stereocenters.